The maximum absolute atomic E-state index is 12.3. The van der Waals surface area contributed by atoms with Crippen molar-refractivity contribution < 1.29 is 14.0 Å². The number of hydrogen-bond acceptors (Lipinski definition) is 3. The van der Waals surface area contributed by atoms with E-state index in [1.807, 2.05) is 30.3 Å². The van der Waals surface area contributed by atoms with E-state index >= 15 is 0 Å². The van der Waals surface area contributed by atoms with E-state index in [0.717, 1.165) is 38.5 Å². The summed E-state index contributed by atoms with van der Waals surface area (Å²) in [7, 11) is -3.04. The van der Waals surface area contributed by atoms with Crippen LogP contribution < -0.4 is 0 Å². The smallest absolute Gasteiger partial charge is 0.192 e. The van der Waals surface area contributed by atoms with Crippen LogP contribution in [0.2, 0.25) is 44.8 Å². The molecule has 0 radical (unpaired) electrons. The van der Waals surface area contributed by atoms with Crippen molar-refractivity contribution in [2.45, 2.75) is 63.8 Å². The van der Waals surface area contributed by atoms with Gasteiger partial charge < -0.3 is 4.43 Å². The number of carbonyl (C=O) groups excluding carboxylic acids is 2. The van der Waals surface area contributed by atoms with Gasteiger partial charge in [-0.15, -0.1) is 0 Å². The van der Waals surface area contributed by atoms with Crippen molar-refractivity contribution in [3.8, 4) is 0 Å². The third-order valence-corrected chi connectivity index (χ3v) is 10.5. The molecule has 0 aliphatic heterocycles. The molecule has 4 rings (SSSR count). The highest BCUT2D eigenvalue weighted by Crippen LogP contribution is 2.40. The topological polar surface area (TPSA) is 43.4 Å². The molecule has 0 amide bonds. The Morgan fingerprint density at radius 1 is 0.774 bits per heavy atom. The number of fused-ring (bicyclic) bond motifs is 2. The molecule has 2 unspecified atom stereocenters. The van der Waals surface area contributed by atoms with Crippen LogP contribution in [0.4, 0.5) is 0 Å². The van der Waals surface area contributed by atoms with Crippen molar-refractivity contribution in [1.29, 1.82) is 0 Å². The lowest BCUT2D eigenvalue weighted by Gasteiger charge is -2.22. The van der Waals surface area contributed by atoms with Crippen molar-refractivity contribution >= 4 is 59.8 Å². The monoisotopic (exact) mass is 580 g/mol. The molecule has 0 aromatic heterocycles. The van der Waals surface area contributed by atoms with E-state index in [9.17, 15) is 9.59 Å². The molecule has 31 heavy (non-hydrogen) atoms. The molecule has 0 heterocycles. The molecule has 7 heteroatoms. The molecule has 2 aromatic rings. The van der Waals surface area contributed by atoms with Gasteiger partial charge in [0.15, 0.2) is 19.9 Å². The minimum absolute atomic E-state index is 0.130. The number of carbonyl (C=O) groups is 2. The molecule has 2 atom stereocenters. The third kappa shape index (κ3) is 5.56. The van der Waals surface area contributed by atoms with Crippen LogP contribution in [0.1, 0.15) is 31.8 Å². The van der Waals surface area contributed by atoms with Crippen molar-refractivity contribution in [2.24, 2.45) is 0 Å². The minimum Gasteiger partial charge on any atom is -0.407 e. The van der Waals surface area contributed by atoms with E-state index in [0.29, 0.717) is 5.78 Å². The van der Waals surface area contributed by atoms with Gasteiger partial charge in [0.25, 0.3) is 0 Å². The first-order valence-corrected chi connectivity index (χ1v) is 19.2. The van der Waals surface area contributed by atoms with Gasteiger partial charge in [-0.25, -0.2) is 0 Å². The largest absolute Gasteiger partial charge is 0.407 e. The van der Waals surface area contributed by atoms with E-state index in [2.05, 4.69) is 77.2 Å². The normalized spacial score (nSPS) is 20.3. The Kier molecular flexibility index (Phi) is 7.33. The molecule has 0 spiro atoms. The molecule has 3 nitrogen and oxygen atoms in total. The van der Waals surface area contributed by atoms with Gasteiger partial charge in [0.05, 0.1) is 8.07 Å². The number of rotatable bonds is 3. The molecule has 0 saturated carbocycles. The van der Waals surface area contributed by atoms with E-state index < -0.39 is 16.4 Å². The van der Waals surface area contributed by atoms with Crippen LogP contribution >= 0.6 is 31.9 Å². The van der Waals surface area contributed by atoms with Gasteiger partial charge in [-0.1, -0.05) is 75.8 Å². The van der Waals surface area contributed by atoms with Crippen LogP contribution in [0.25, 0.3) is 0 Å². The van der Waals surface area contributed by atoms with Gasteiger partial charge in [-0.3, -0.25) is 9.59 Å². The van der Waals surface area contributed by atoms with Crippen molar-refractivity contribution in [3.63, 3.8) is 0 Å². The third-order valence-electron chi connectivity index (χ3n) is 5.67. The lowest BCUT2D eigenvalue weighted by atomic mass is 10.1. The highest BCUT2D eigenvalue weighted by atomic mass is 79.9. The summed E-state index contributed by atoms with van der Waals surface area (Å²) in [6.07, 6.45) is 1.40. The van der Waals surface area contributed by atoms with Gasteiger partial charge >= 0.3 is 0 Å². The van der Waals surface area contributed by atoms with E-state index in [4.69, 9.17) is 4.43 Å². The zero-order valence-corrected chi connectivity index (χ0v) is 24.2. The summed E-state index contributed by atoms with van der Waals surface area (Å²) in [5, 5.41) is 0. The molecule has 0 saturated heterocycles. The lowest BCUT2D eigenvalue weighted by molar-refractivity contribution is 0.0809. The SMILES string of the molecule is C[Si](C)(C)C1Cc2cccc(Br)c2C1=O.C[Si](C)(C)OC1Cc2cccc(Br)c2C1=O. The molecule has 0 fully saturated rings. The van der Waals surface area contributed by atoms with Crippen LogP contribution in [-0.2, 0) is 17.3 Å². The van der Waals surface area contributed by atoms with Gasteiger partial charge in [-0.05, 0) is 49.3 Å². The Hall–Kier alpha value is -0.866. The van der Waals surface area contributed by atoms with Gasteiger partial charge in [0.2, 0.25) is 0 Å². The molecule has 2 aliphatic carbocycles. The van der Waals surface area contributed by atoms with Crippen molar-refractivity contribution in [1.82, 2.24) is 0 Å². The fourth-order valence-electron chi connectivity index (χ4n) is 4.19. The lowest BCUT2D eigenvalue weighted by Crippen LogP contribution is -2.35. The first-order valence-electron chi connectivity index (χ1n) is 10.6. The zero-order chi connectivity index (χ0) is 23.1. The highest BCUT2D eigenvalue weighted by molar-refractivity contribution is 9.10. The molecule has 2 aromatic carbocycles. The summed E-state index contributed by atoms with van der Waals surface area (Å²) >= 11 is 6.91. The fraction of sp³-hybridized carbons (Fsp3) is 0.417. The summed E-state index contributed by atoms with van der Waals surface area (Å²) in [5.41, 5.74) is 4.34. The maximum Gasteiger partial charge on any atom is 0.192 e. The summed E-state index contributed by atoms with van der Waals surface area (Å²) < 4.78 is 7.77. The van der Waals surface area contributed by atoms with Crippen molar-refractivity contribution in [3.05, 3.63) is 67.6 Å². The second-order valence-corrected chi connectivity index (χ2v) is 21.9. The average molecular weight is 582 g/mol. The molecular formula is C24H30Br2O3Si2. The standard InChI is InChI=1S/C12H15BrO2Si.C12H15BrOSi/c1-16(2,3)15-10-7-8-5-4-6-9(13)11(8)12(10)14;1-15(2,3)10-7-8-5-4-6-9(13)11(8)12(10)14/h4-6,10H,7H2,1-3H3;4-6,10H,7H2,1-3H3. The molecular weight excluding hydrogens is 552 g/mol. The van der Waals surface area contributed by atoms with Crippen LogP contribution in [0.15, 0.2) is 45.3 Å². The number of ketones is 2. The van der Waals surface area contributed by atoms with Crippen LogP contribution in [-0.4, -0.2) is 34.1 Å². The Morgan fingerprint density at radius 2 is 1.26 bits per heavy atom. The second-order valence-electron chi connectivity index (χ2n) is 10.3. The number of hydrogen-bond donors (Lipinski definition) is 0. The Morgan fingerprint density at radius 3 is 1.68 bits per heavy atom. The van der Waals surface area contributed by atoms with Gasteiger partial charge in [0, 0.05) is 32.0 Å². The second kappa shape index (κ2) is 9.17. The van der Waals surface area contributed by atoms with E-state index in [1.165, 1.54) is 5.56 Å². The molecule has 2 aliphatic rings. The van der Waals surface area contributed by atoms with E-state index in [1.54, 1.807) is 0 Å². The predicted octanol–water partition coefficient (Wildman–Crippen LogP) is 7.30. The first kappa shape index (κ1) is 24.8. The summed E-state index contributed by atoms with van der Waals surface area (Å²) in [6, 6.07) is 11.9. The number of Topliss-reactive ketones (excluding diaryl/α,β-unsaturated/α-hetero) is 2. The minimum atomic E-state index is -1.66. The Balaban J connectivity index is 0.000000176. The first-order chi connectivity index (χ1) is 14.3. The quantitative estimate of drug-likeness (QED) is 0.357. The van der Waals surface area contributed by atoms with Gasteiger partial charge in [-0.2, -0.15) is 0 Å². The highest BCUT2D eigenvalue weighted by Gasteiger charge is 2.40. The zero-order valence-electron chi connectivity index (χ0n) is 19.0. The van der Waals surface area contributed by atoms with Crippen molar-refractivity contribution in [2.75, 3.05) is 0 Å². The molecule has 0 N–H and O–H groups in total. The van der Waals surface area contributed by atoms with E-state index in [-0.39, 0.29) is 17.4 Å². The average Bonchev–Trinajstić information content (AvgIpc) is 3.13. The van der Waals surface area contributed by atoms with Gasteiger partial charge in [0.1, 0.15) is 6.10 Å². The van der Waals surface area contributed by atoms with Crippen LogP contribution in [0, 0.1) is 0 Å². The maximum atomic E-state index is 12.3. The summed E-state index contributed by atoms with van der Waals surface area (Å²) in [4.78, 5) is 24.4. The fourth-order valence-corrected chi connectivity index (χ4v) is 8.20. The molecule has 166 valence electrons. The predicted molar refractivity (Wildman–Crippen MR) is 140 cm³/mol. The molecule has 0 bridgehead atoms. The summed E-state index contributed by atoms with van der Waals surface area (Å²) in [6.45, 7) is 13.1. The Bertz CT molecular complexity index is 1020. The summed E-state index contributed by atoms with van der Waals surface area (Å²) in [5.74, 6) is 0.488. The number of benzene rings is 2. The van der Waals surface area contributed by atoms with Crippen LogP contribution in [0.3, 0.4) is 0 Å². The Labute approximate surface area is 204 Å². The number of halogens is 2. The van der Waals surface area contributed by atoms with Crippen LogP contribution in [0.5, 0.6) is 0 Å².